The van der Waals surface area contributed by atoms with Gasteiger partial charge in [0.15, 0.2) is 5.82 Å². The van der Waals surface area contributed by atoms with Crippen LogP contribution in [0, 0.1) is 13.8 Å². The molecule has 7 nitrogen and oxygen atoms in total. The van der Waals surface area contributed by atoms with Crippen LogP contribution in [-0.2, 0) is 0 Å². The summed E-state index contributed by atoms with van der Waals surface area (Å²) >= 11 is 0. The van der Waals surface area contributed by atoms with Gasteiger partial charge in [0.05, 0.1) is 12.2 Å². The highest BCUT2D eigenvalue weighted by molar-refractivity contribution is 6.09. The molecule has 1 N–H and O–H groups in total. The van der Waals surface area contributed by atoms with Crippen LogP contribution in [0.1, 0.15) is 76.1 Å². The first-order chi connectivity index (χ1) is 18.4. The summed E-state index contributed by atoms with van der Waals surface area (Å²) in [7, 11) is 0. The maximum Gasteiger partial charge on any atom is 0.230 e. The van der Waals surface area contributed by atoms with Crippen molar-refractivity contribution in [3.63, 3.8) is 0 Å². The Hall–Kier alpha value is -4.39. The van der Waals surface area contributed by atoms with Gasteiger partial charge in [-0.25, -0.2) is 15.0 Å². The molecule has 4 aromatic rings. The Labute approximate surface area is 222 Å². The molecule has 4 rings (SSSR count). The summed E-state index contributed by atoms with van der Waals surface area (Å²) in [4.78, 5) is 39.5. The zero-order valence-electron chi connectivity index (χ0n) is 21.9. The lowest BCUT2D eigenvalue weighted by Gasteiger charge is -2.11. The van der Waals surface area contributed by atoms with E-state index in [9.17, 15) is 14.7 Å². The van der Waals surface area contributed by atoms with Crippen molar-refractivity contribution in [3.8, 4) is 22.9 Å². The number of carbonyl (C=O) groups excluding carboxylic acids is 2. The van der Waals surface area contributed by atoms with Gasteiger partial charge in [-0.15, -0.1) is 0 Å². The molecule has 0 radical (unpaired) electrons. The van der Waals surface area contributed by atoms with Gasteiger partial charge in [0.25, 0.3) is 0 Å². The third-order valence-corrected chi connectivity index (χ3v) is 6.15. The summed E-state index contributed by atoms with van der Waals surface area (Å²) in [6.45, 7) is 6.55. The van der Waals surface area contributed by atoms with Crippen molar-refractivity contribution in [2.45, 2.75) is 46.5 Å². The van der Waals surface area contributed by atoms with Crippen molar-refractivity contribution < 1.29 is 19.4 Å². The van der Waals surface area contributed by atoms with E-state index < -0.39 is 11.6 Å². The zero-order valence-corrected chi connectivity index (χ0v) is 21.9. The number of aryl methyl sites for hydroxylation is 2. The molecule has 0 atom stereocenters. The first-order valence-corrected chi connectivity index (χ1v) is 12.8. The van der Waals surface area contributed by atoms with Crippen molar-refractivity contribution in [2.24, 2.45) is 0 Å². The average molecular weight is 510 g/mol. The molecule has 1 aromatic heterocycles. The summed E-state index contributed by atoms with van der Waals surface area (Å²) in [6, 6.07) is 18.8. The molecule has 194 valence electrons. The standard InChI is InChI=1S/C31H31N3O4/c1-4-5-6-7-18-38-24-16-17-25(26(35)19-24)29-32-30(27(36)22-12-8-20(2)9-13-22)34-31(33-29)28(37)23-14-10-21(3)11-15-23/h8-17,19,35H,4-7,18H2,1-3H3. The van der Waals surface area contributed by atoms with Crippen LogP contribution >= 0.6 is 0 Å². The minimum Gasteiger partial charge on any atom is -0.507 e. The molecule has 3 aromatic carbocycles. The van der Waals surface area contributed by atoms with Gasteiger partial charge in [-0.2, -0.15) is 0 Å². The van der Waals surface area contributed by atoms with E-state index >= 15 is 0 Å². The molecule has 1 heterocycles. The minimum atomic E-state index is -0.446. The molecule has 0 aliphatic carbocycles. The minimum absolute atomic E-state index is 0.0259. The summed E-state index contributed by atoms with van der Waals surface area (Å²) < 4.78 is 5.76. The van der Waals surface area contributed by atoms with Gasteiger partial charge in [0.1, 0.15) is 11.5 Å². The van der Waals surface area contributed by atoms with Gasteiger partial charge in [-0.1, -0.05) is 85.8 Å². The summed E-state index contributed by atoms with van der Waals surface area (Å²) in [6.07, 6.45) is 4.31. The van der Waals surface area contributed by atoms with Gasteiger partial charge < -0.3 is 9.84 Å². The van der Waals surface area contributed by atoms with Crippen molar-refractivity contribution in [1.29, 1.82) is 0 Å². The van der Waals surface area contributed by atoms with E-state index in [2.05, 4.69) is 21.9 Å². The lowest BCUT2D eigenvalue weighted by atomic mass is 10.1. The van der Waals surface area contributed by atoms with Crippen LogP contribution in [0.25, 0.3) is 11.4 Å². The summed E-state index contributed by atoms with van der Waals surface area (Å²) in [5.74, 6) is -0.822. The Bertz CT molecular complexity index is 1360. The number of phenols is 1. The van der Waals surface area contributed by atoms with Crippen LogP contribution in [0.5, 0.6) is 11.5 Å². The second-order valence-electron chi connectivity index (χ2n) is 9.28. The molecule has 0 fully saturated rings. The number of benzene rings is 3. The molecule has 7 heteroatoms. The topological polar surface area (TPSA) is 102 Å². The van der Waals surface area contributed by atoms with E-state index in [0.29, 0.717) is 23.5 Å². The fraction of sp³-hybridized carbons (Fsp3) is 0.258. The second kappa shape index (κ2) is 12.2. The molecule has 0 aliphatic heterocycles. The molecule has 0 amide bonds. The van der Waals surface area contributed by atoms with Gasteiger partial charge >= 0.3 is 0 Å². The number of unbranched alkanes of at least 4 members (excludes halogenated alkanes) is 3. The van der Waals surface area contributed by atoms with Crippen molar-refractivity contribution in [1.82, 2.24) is 15.0 Å². The third-order valence-electron chi connectivity index (χ3n) is 6.15. The van der Waals surface area contributed by atoms with Crippen LogP contribution < -0.4 is 4.74 Å². The van der Waals surface area contributed by atoms with Crippen molar-refractivity contribution in [2.75, 3.05) is 6.61 Å². The zero-order chi connectivity index (χ0) is 27.1. The highest BCUT2D eigenvalue weighted by Crippen LogP contribution is 2.31. The highest BCUT2D eigenvalue weighted by atomic mass is 16.5. The maximum atomic E-state index is 13.3. The number of aromatic hydroxyl groups is 1. The highest BCUT2D eigenvalue weighted by Gasteiger charge is 2.22. The Morgan fingerprint density at radius 2 is 1.29 bits per heavy atom. The molecule has 0 saturated heterocycles. The first kappa shape index (κ1) is 26.7. The first-order valence-electron chi connectivity index (χ1n) is 12.8. The number of carbonyl (C=O) groups is 2. The fourth-order valence-corrected chi connectivity index (χ4v) is 3.88. The molecule has 0 bridgehead atoms. The van der Waals surface area contributed by atoms with Crippen LogP contribution in [0.3, 0.4) is 0 Å². The predicted molar refractivity (Wildman–Crippen MR) is 146 cm³/mol. The molecule has 38 heavy (non-hydrogen) atoms. The fourth-order valence-electron chi connectivity index (χ4n) is 3.88. The number of nitrogens with zero attached hydrogens (tertiary/aromatic N) is 3. The predicted octanol–water partition coefficient (Wildman–Crippen LogP) is 6.28. The van der Waals surface area contributed by atoms with Crippen LogP contribution in [0.4, 0.5) is 0 Å². The molecular weight excluding hydrogens is 478 g/mol. The average Bonchev–Trinajstić information content (AvgIpc) is 2.93. The largest absolute Gasteiger partial charge is 0.507 e. The number of ketones is 2. The monoisotopic (exact) mass is 509 g/mol. The summed E-state index contributed by atoms with van der Waals surface area (Å²) in [5.41, 5.74) is 3.05. The maximum absolute atomic E-state index is 13.3. The second-order valence-corrected chi connectivity index (χ2v) is 9.28. The van der Waals surface area contributed by atoms with Gasteiger partial charge in [0, 0.05) is 17.2 Å². The Kier molecular flexibility index (Phi) is 8.58. The number of hydrogen-bond acceptors (Lipinski definition) is 7. The van der Waals surface area contributed by atoms with Gasteiger partial charge in [-0.05, 0) is 32.4 Å². The van der Waals surface area contributed by atoms with E-state index in [1.165, 1.54) is 6.07 Å². The quantitative estimate of drug-likeness (QED) is 0.187. The normalized spacial score (nSPS) is 10.8. The van der Waals surface area contributed by atoms with Crippen LogP contribution in [0.15, 0.2) is 66.7 Å². The lowest BCUT2D eigenvalue weighted by molar-refractivity contribution is 0.102. The third kappa shape index (κ3) is 6.48. The molecule has 0 spiro atoms. The Balaban J connectivity index is 1.70. The number of aromatic nitrogens is 3. The van der Waals surface area contributed by atoms with Crippen LogP contribution in [0.2, 0.25) is 0 Å². The van der Waals surface area contributed by atoms with Gasteiger partial charge in [0.2, 0.25) is 23.2 Å². The SMILES string of the molecule is CCCCCCOc1ccc(-c2nc(C(=O)c3ccc(C)cc3)nc(C(=O)c3ccc(C)cc3)n2)c(O)c1. The Morgan fingerprint density at radius 3 is 1.79 bits per heavy atom. The van der Waals surface area contributed by atoms with Gasteiger partial charge in [-0.3, -0.25) is 9.59 Å². The molecule has 0 unspecified atom stereocenters. The van der Waals surface area contributed by atoms with E-state index in [4.69, 9.17) is 4.74 Å². The van der Waals surface area contributed by atoms with E-state index in [-0.39, 0.29) is 28.8 Å². The summed E-state index contributed by atoms with van der Waals surface area (Å²) in [5, 5.41) is 10.8. The number of ether oxygens (including phenoxy) is 1. The van der Waals surface area contributed by atoms with E-state index in [1.54, 1.807) is 36.4 Å². The Morgan fingerprint density at radius 1 is 0.737 bits per heavy atom. The smallest absolute Gasteiger partial charge is 0.230 e. The molecule has 0 aliphatic rings. The molecule has 0 saturated carbocycles. The van der Waals surface area contributed by atoms with Crippen molar-refractivity contribution in [3.05, 3.63) is 101 Å². The lowest BCUT2D eigenvalue weighted by Crippen LogP contribution is -2.16. The number of rotatable bonds is 11. The molecular formula is C31H31N3O4. The van der Waals surface area contributed by atoms with E-state index in [1.807, 2.05) is 38.1 Å². The number of hydrogen-bond donors (Lipinski definition) is 1. The van der Waals surface area contributed by atoms with E-state index in [0.717, 1.165) is 36.8 Å². The number of phenolic OH excluding ortho intramolecular Hbond substituents is 1. The van der Waals surface area contributed by atoms with Crippen molar-refractivity contribution >= 4 is 11.6 Å². The van der Waals surface area contributed by atoms with Crippen LogP contribution in [-0.4, -0.2) is 38.2 Å².